The minimum atomic E-state index is -4.49. The number of alkyl halides is 3. The van der Waals surface area contributed by atoms with E-state index in [0.29, 0.717) is 23.0 Å². The molecule has 0 saturated carbocycles. The second-order valence-corrected chi connectivity index (χ2v) is 5.93. The maximum absolute atomic E-state index is 13.3. The summed E-state index contributed by atoms with van der Waals surface area (Å²) in [6, 6.07) is 6.98. The molecule has 0 atom stereocenters. The number of benzene rings is 1. The van der Waals surface area contributed by atoms with Crippen LogP contribution >= 0.6 is 11.6 Å². The van der Waals surface area contributed by atoms with Gasteiger partial charge in [0.2, 0.25) is 0 Å². The zero-order valence-corrected chi connectivity index (χ0v) is 14.1. The van der Waals surface area contributed by atoms with Crippen molar-refractivity contribution in [1.82, 2.24) is 9.97 Å². The molecule has 3 rings (SSSR count). The summed E-state index contributed by atoms with van der Waals surface area (Å²) < 4.78 is 40.0. The number of allylic oxidation sites excluding steroid dienone is 4. The molecule has 0 bridgehead atoms. The summed E-state index contributed by atoms with van der Waals surface area (Å²) in [7, 11) is 1.66. The van der Waals surface area contributed by atoms with Crippen LogP contribution in [0.1, 0.15) is 24.1 Å². The van der Waals surface area contributed by atoms with Crippen molar-refractivity contribution in [3.63, 3.8) is 0 Å². The van der Waals surface area contributed by atoms with Gasteiger partial charge in [0.1, 0.15) is 5.82 Å². The first-order valence-electron chi connectivity index (χ1n) is 7.69. The average molecular weight is 366 g/mol. The van der Waals surface area contributed by atoms with Crippen LogP contribution in [0.3, 0.4) is 0 Å². The molecule has 7 heteroatoms. The van der Waals surface area contributed by atoms with E-state index in [1.807, 2.05) is 6.08 Å². The van der Waals surface area contributed by atoms with Crippen LogP contribution in [0.15, 0.2) is 47.5 Å². The molecule has 1 N–H and O–H groups in total. The molecule has 0 aliphatic heterocycles. The summed E-state index contributed by atoms with van der Waals surface area (Å²) in [4.78, 5) is 8.58. The second kappa shape index (κ2) is 6.88. The zero-order valence-electron chi connectivity index (χ0n) is 13.4. The van der Waals surface area contributed by atoms with E-state index in [2.05, 4.69) is 15.3 Å². The Kier molecular flexibility index (Phi) is 4.81. The smallest absolute Gasteiger partial charge is 0.373 e. The number of hydrogen-bond donors (Lipinski definition) is 1. The molecule has 0 amide bonds. The predicted octanol–water partition coefficient (Wildman–Crippen LogP) is 5.50. The highest BCUT2D eigenvalue weighted by molar-refractivity contribution is 6.34. The van der Waals surface area contributed by atoms with Gasteiger partial charge < -0.3 is 5.32 Å². The topological polar surface area (TPSA) is 37.8 Å². The molecule has 1 aliphatic rings. The molecule has 1 aromatic heterocycles. The van der Waals surface area contributed by atoms with E-state index < -0.39 is 11.7 Å². The molecule has 0 radical (unpaired) electrons. The molecule has 3 nitrogen and oxygen atoms in total. The summed E-state index contributed by atoms with van der Waals surface area (Å²) >= 11 is 6.25. The Morgan fingerprint density at radius 1 is 1.16 bits per heavy atom. The lowest BCUT2D eigenvalue weighted by Gasteiger charge is -2.16. The molecule has 1 aromatic carbocycles. The summed E-state index contributed by atoms with van der Waals surface area (Å²) in [5.74, 6) is 0.449. The van der Waals surface area contributed by atoms with Gasteiger partial charge in [-0.2, -0.15) is 13.2 Å². The fourth-order valence-electron chi connectivity index (χ4n) is 2.66. The number of halogens is 4. The van der Waals surface area contributed by atoms with Gasteiger partial charge in [-0.05, 0) is 30.6 Å². The molecule has 1 aliphatic carbocycles. The first kappa shape index (κ1) is 17.5. The van der Waals surface area contributed by atoms with Crippen LogP contribution in [-0.4, -0.2) is 17.0 Å². The minimum absolute atomic E-state index is 0.0151. The van der Waals surface area contributed by atoms with Gasteiger partial charge in [0.15, 0.2) is 5.82 Å². The monoisotopic (exact) mass is 365 g/mol. The van der Waals surface area contributed by atoms with Crippen molar-refractivity contribution in [1.29, 1.82) is 0 Å². The Morgan fingerprint density at radius 3 is 2.60 bits per heavy atom. The molecule has 25 heavy (non-hydrogen) atoms. The quantitative estimate of drug-likeness (QED) is 0.780. The van der Waals surface area contributed by atoms with Crippen LogP contribution in [0.5, 0.6) is 0 Å². The van der Waals surface area contributed by atoms with Gasteiger partial charge in [-0.15, -0.1) is 0 Å². The minimum Gasteiger partial charge on any atom is -0.373 e. The SMILES string of the molecule is CNc1cc(C2=C(Cl)C=CCC2)nc(-c2ccccc2C(F)(F)F)n1. The number of nitrogens with one attached hydrogen (secondary N) is 1. The Bertz CT molecular complexity index is 857. The van der Waals surface area contributed by atoms with E-state index in [1.165, 1.54) is 18.2 Å². The van der Waals surface area contributed by atoms with Crippen molar-refractivity contribution in [2.24, 2.45) is 0 Å². The summed E-state index contributed by atoms with van der Waals surface area (Å²) in [6.07, 6.45) is 0.728. The van der Waals surface area contributed by atoms with E-state index in [1.54, 1.807) is 19.2 Å². The van der Waals surface area contributed by atoms with Crippen LogP contribution in [0, 0.1) is 0 Å². The zero-order chi connectivity index (χ0) is 18.0. The molecular formula is C18H15ClF3N3. The first-order valence-corrected chi connectivity index (χ1v) is 8.07. The largest absolute Gasteiger partial charge is 0.417 e. The van der Waals surface area contributed by atoms with Crippen LogP contribution in [0.4, 0.5) is 19.0 Å². The average Bonchev–Trinajstić information content (AvgIpc) is 2.61. The van der Waals surface area contributed by atoms with Gasteiger partial charge in [-0.1, -0.05) is 35.9 Å². The molecule has 0 fully saturated rings. The fraction of sp³-hybridized carbons (Fsp3) is 0.222. The standard InChI is InChI=1S/C18H15ClF3N3/c1-23-16-10-15(12-7-3-5-9-14(12)19)24-17(25-16)11-6-2-4-8-13(11)18(20,21)22/h2,4-6,8-10H,3,7H2,1H3,(H,23,24,25). The molecular weight excluding hydrogens is 351 g/mol. The third kappa shape index (κ3) is 3.69. The Morgan fingerprint density at radius 2 is 1.92 bits per heavy atom. The highest BCUT2D eigenvalue weighted by Gasteiger charge is 2.34. The van der Waals surface area contributed by atoms with Gasteiger partial charge in [-0.3, -0.25) is 0 Å². The van der Waals surface area contributed by atoms with Crippen molar-refractivity contribution in [2.75, 3.05) is 12.4 Å². The van der Waals surface area contributed by atoms with Crippen LogP contribution in [0.2, 0.25) is 0 Å². The number of aromatic nitrogens is 2. The number of hydrogen-bond acceptors (Lipinski definition) is 3. The molecule has 0 unspecified atom stereocenters. The van der Waals surface area contributed by atoms with Crippen LogP contribution < -0.4 is 5.32 Å². The van der Waals surface area contributed by atoms with Crippen molar-refractivity contribution in [3.05, 3.63) is 58.8 Å². The molecule has 2 aromatic rings. The number of anilines is 1. The molecule has 0 spiro atoms. The fourth-order valence-corrected chi connectivity index (χ4v) is 2.94. The van der Waals surface area contributed by atoms with Gasteiger partial charge in [0.05, 0.1) is 11.3 Å². The van der Waals surface area contributed by atoms with E-state index >= 15 is 0 Å². The third-order valence-corrected chi connectivity index (χ3v) is 4.23. The number of nitrogens with zero attached hydrogens (tertiary/aromatic N) is 2. The van der Waals surface area contributed by atoms with E-state index in [-0.39, 0.29) is 11.4 Å². The maximum atomic E-state index is 13.3. The lowest BCUT2D eigenvalue weighted by Crippen LogP contribution is -2.09. The van der Waals surface area contributed by atoms with E-state index in [4.69, 9.17) is 11.6 Å². The molecule has 1 heterocycles. The lowest BCUT2D eigenvalue weighted by molar-refractivity contribution is -0.137. The van der Waals surface area contributed by atoms with Crippen molar-refractivity contribution in [3.8, 4) is 11.4 Å². The summed E-state index contributed by atoms with van der Waals surface area (Å²) in [5.41, 5.74) is 0.503. The Labute approximate surface area is 148 Å². The van der Waals surface area contributed by atoms with Gasteiger partial charge in [-0.25, -0.2) is 9.97 Å². The van der Waals surface area contributed by atoms with Gasteiger partial charge in [0.25, 0.3) is 0 Å². The van der Waals surface area contributed by atoms with Crippen molar-refractivity contribution >= 4 is 23.0 Å². The highest BCUT2D eigenvalue weighted by Crippen LogP contribution is 2.37. The molecule has 130 valence electrons. The summed E-state index contributed by atoms with van der Waals surface area (Å²) in [6.45, 7) is 0. The third-order valence-electron chi connectivity index (χ3n) is 3.88. The van der Waals surface area contributed by atoms with Gasteiger partial charge >= 0.3 is 6.18 Å². The van der Waals surface area contributed by atoms with Gasteiger partial charge in [0, 0.05) is 23.7 Å². The molecule has 0 saturated heterocycles. The van der Waals surface area contributed by atoms with Crippen LogP contribution in [-0.2, 0) is 6.18 Å². The first-order chi connectivity index (χ1) is 11.9. The number of rotatable bonds is 3. The maximum Gasteiger partial charge on any atom is 0.417 e. The Balaban J connectivity index is 2.19. The normalized spacial score (nSPS) is 14.8. The van der Waals surface area contributed by atoms with E-state index in [0.717, 1.165) is 18.1 Å². The van der Waals surface area contributed by atoms with Crippen LogP contribution in [0.25, 0.3) is 17.0 Å². The van der Waals surface area contributed by atoms with Crippen molar-refractivity contribution < 1.29 is 13.2 Å². The Hall–Kier alpha value is -2.34. The highest BCUT2D eigenvalue weighted by atomic mass is 35.5. The second-order valence-electron chi connectivity index (χ2n) is 5.52. The van der Waals surface area contributed by atoms with Crippen molar-refractivity contribution in [2.45, 2.75) is 19.0 Å². The predicted molar refractivity (Wildman–Crippen MR) is 93.2 cm³/mol. The lowest BCUT2D eigenvalue weighted by atomic mass is 10.0. The summed E-state index contributed by atoms with van der Waals surface area (Å²) in [5, 5.41) is 3.42. The van der Waals surface area contributed by atoms with E-state index in [9.17, 15) is 13.2 Å².